The molecule has 0 aliphatic heterocycles. The molecule has 18 heavy (non-hydrogen) atoms. The van der Waals surface area contributed by atoms with Crippen molar-refractivity contribution < 1.29 is 0 Å². The van der Waals surface area contributed by atoms with E-state index in [4.69, 9.17) is 28.9 Å². The molecular formula is C15H15Cl2N. The van der Waals surface area contributed by atoms with Crippen LogP contribution in [0.25, 0.3) is 0 Å². The van der Waals surface area contributed by atoms with Crippen molar-refractivity contribution in [1.29, 1.82) is 0 Å². The summed E-state index contributed by atoms with van der Waals surface area (Å²) in [5.74, 6) is 0. The molecule has 0 bridgehead atoms. The standard InChI is InChI=1S/C15H15Cl2N/c1-9-4-3-5-10(2)14(9)15(18)12-7-6-11(16)8-13(12)17/h3-8,15H,18H2,1-2H3. The smallest absolute Gasteiger partial charge is 0.0571 e. The zero-order chi connectivity index (χ0) is 13.3. The molecule has 3 heteroatoms. The maximum Gasteiger partial charge on any atom is 0.0571 e. The lowest BCUT2D eigenvalue weighted by Gasteiger charge is -2.19. The van der Waals surface area contributed by atoms with Crippen LogP contribution >= 0.6 is 23.2 Å². The highest BCUT2D eigenvalue weighted by Gasteiger charge is 2.16. The monoisotopic (exact) mass is 279 g/mol. The lowest BCUT2D eigenvalue weighted by Crippen LogP contribution is -2.15. The molecule has 1 nitrogen and oxygen atoms in total. The van der Waals surface area contributed by atoms with Crippen LogP contribution in [-0.2, 0) is 0 Å². The molecule has 2 N–H and O–H groups in total. The van der Waals surface area contributed by atoms with Crippen LogP contribution < -0.4 is 5.73 Å². The fraction of sp³-hybridized carbons (Fsp3) is 0.200. The molecule has 2 aromatic carbocycles. The molecule has 0 fully saturated rings. The van der Waals surface area contributed by atoms with Gasteiger partial charge in [0.1, 0.15) is 0 Å². The molecule has 2 aromatic rings. The molecule has 94 valence electrons. The van der Waals surface area contributed by atoms with Crippen molar-refractivity contribution in [2.24, 2.45) is 5.73 Å². The Hall–Kier alpha value is -1.02. The Balaban J connectivity index is 2.51. The molecular weight excluding hydrogens is 265 g/mol. The van der Waals surface area contributed by atoms with E-state index in [9.17, 15) is 0 Å². The number of nitrogens with two attached hydrogens (primary N) is 1. The summed E-state index contributed by atoms with van der Waals surface area (Å²) in [6, 6.07) is 11.4. The van der Waals surface area contributed by atoms with E-state index in [0.717, 1.165) is 11.1 Å². The first-order valence-electron chi connectivity index (χ1n) is 5.77. The highest BCUT2D eigenvalue weighted by molar-refractivity contribution is 6.35. The van der Waals surface area contributed by atoms with E-state index in [-0.39, 0.29) is 6.04 Å². The molecule has 0 amide bonds. The second kappa shape index (κ2) is 5.31. The van der Waals surface area contributed by atoms with Crippen molar-refractivity contribution >= 4 is 23.2 Å². The lowest BCUT2D eigenvalue weighted by atomic mass is 9.92. The minimum Gasteiger partial charge on any atom is -0.320 e. The molecule has 1 unspecified atom stereocenters. The molecule has 0 aliphatic rings. The van der Waals surface area contributed by atoms with E-state index in [1.165, 1.54) is 11.1 Å². The number of rotatable bonds is 2. The van der Waals surface area contributed by atoms with Crippen molar-refractivity contribution in [3.05, 3.63) is 68.7 Å². The highest BCUT2D eigenvalue weighted by atomic mass is 35.5. The average Bonchev–Trinajstić information content (AvgIpc) is 2.28. The first kappa shape index (κ1) is 13.4. The van der Waals surface area contributed by atoms with Gasteiger partial charge in [0.25, 0.3) is 0 Å². The van der Waals surface area contributed by atoms with Gasteiger partial charge < -0.3 is 5.73 Å². The van der Waals surface area contributed by atoms with Crippen LogP contribution in [0.2, 0.25) is 10.0 Å². The molecule has 2 rings (SSSR count). The number of hydrogen-bond donors (Lipinski definition) is 1. The van der Waals surface area contributed by atoms with Crippen molar-refractivity contribution in [2.45, 2.75) is 19.9 Å². The van der Waals surface area contributed by atoms with E-state index >= 15 is 0 Å². The summed E-state index contributed by atoms with van der Waals surface area (Å²) in [5, 5.41) is 1.23. The lowest BCUT2D eigenvalue weighted by molar-refractivity contribution is 0.852. The van der Waals surface area contributed by atoms with Gasteiger partial charge in [0.2, 0.25) is 0 Å². The summed E-state index contributed by atoms with van der Waals surface area (Å²) in [6.07, 6.45) is 0. The van der Waals surface area contributed by atoms with Crippen LogP contribution in [0.4, 0.5) is 0 Å². The van der Waals surface area contributed by atoms with Crippen LogP contribution in [0.1, 0.15) is 28.3 Å². The number of aryl methyl sites for hydroxylation is 2. The van der Waals surface area contributed by atoms with Gasteiger partial charge in [-0.05, 0) is 48.2 Å². The molecule has 0 heterocycles. The second-order valence-electron chi connectivity index (χ2n) is 4.45. The van der Waals surface area contributed by atoms with E-state index in [2.05, 4.69) is 26.0 Å². The normalized spacial score (nSPS) is 12.5. The Morgan fingerprint density at radius 1 is 1.00 bits per heavy atom. The van der Waals surface area contributed by atoms with Gasteiger partial charge in [0, 0.05) is 10.0 Å². The van der Waals surface area contributed by atoms with Gasteiger partial charge in [0.05, 0.1) is 6.04 Å². The van der Waals surface area contributed by atoms with Gasteiger partial charge in [-0.3, -0.25) is 0 Å². The minimum atomic E-state index is -0.226. The fourth-order valence-electron chi connectivity index (χ4n) is 2.23. The number of hydrogen-bond acceptors (Lipinski definition) is 1. The van der Waals surface area contributed by atoms with E-state index in [1.54, 1.807) is 6.07 Å². The summed E-state index contributed by atoms with van der Waals surface area (Å²) in [6.45, 7) is 4.12. The Labute approximate surface area is 118 Å². The van der Waals surface area contributed by atoms with Gasteiger partial charge in [-0.25, -0.2) is 0 Å². The van der Waals surface area contributed by atoms with Gasteiger partial charge in [-0.15, -0.1) is 0 Å². The van der Waals surface area contributed by atoms with Crippen molar-refractivity contribution in [3.63, 3.8) is 0 Å². The second-order valence-corrected chi connectivity index (χ2v) is 5.29. The van der Waals surface area contributed by atoms with E-state index < -0.39 is 0 Å². The fourth-order valence-corrected chi connectivity index (χ4v) is 2.75. The summed E-state index contributed by atoms with van der Waals surface area (Å²) in [7, 11) is 0. The Bertz CT molecular complexity index is 558. The third-order valence-electron chi connectivity index (χ3n) is 3.15. The third kappa shape index (κ3) is 2.54. The maximum absolute atomic E-state index is 6.34. The first-order chi connectivity index (χ1) is 8.50. The van der Waals surface area contributed by atoms with Crippen molar-refractivity contribution in [3.8, 4) is 0 Å². The molecule has 0 aliphatic carbocycles. The maximum atomic E-state index is 6.34. The van der Waals surface area contributed by atoms with Crippen LogP contribution in [0, 0.1) is 13.8 Å². The highest BCUT2D eigenvalue weighted by Crippen LogP contribution is 2.31. The quantitative estimate of drug-likeness (QED) is 0.850. The van der Waals surface area contributed by atoms with Gasteiger partial charge in [0.15, 0.2) is 0 Å². The summed E-state index contributed by atoms with van der Waals surface area (Å²) in [5.41, 5.74) is 10.7. The number of halogens is 2. The van der Waals surface area contributed by atoms with E-state index in [1.807, 2.05) is 18.2 Å². The molecule has 0 spiro atoms. The van der Waals surface area contributed by atoms with Crippen molar-refractivity contribution in [2.75, 3.05) is 0 Å². The number of benzene rings is 2. The van der Waals surface area contributed by atoms with E-state index in [0.29, 0.717) is 10.0 Å². The third-order valence-corrected chi connectivity index (χ3v) is 3.71. The summed E-state index contributed by atoms with van der Waals surface area (Å²) >= 11 is 12.1. The van der Waals surface area contributed by atoms with Crippen LogP contribution in [0.3, 0.4) is 0 Å². The zero-order valence-corrected chi connectivity index (χ0v) is 11.9. The molecule has 0 aromatic heterocycles. The molecule has 0 saturated heterocycles. The first-order valence-corrected chi connectivity index (χ1v) is 6.53. The van der Waals surface area contributed by atoms with Crippen LogP contribution in [0.5, 0.6) is 0 Å². The SMILES string of the molecule is Cc1cccc(C)c1C(N)c1ccc(Cl)cc1Cl. The predicted molar refractivity (Wildman–Crippen MR) is 78.4 cm³/mol. The van der Waals surface area contributed by atoms with Crippen LogP contribution in [-0.4, -0.2) is 0 Å². The molecule has 0 radical (unpaired) electrons. The largest absolute Gasteiger partial charge is 0.320 e. The zero-order valence-electron chi connectivity index (χ0n) is 10.4. The predicted octanol–water partition coefficient (Wildman–Crippen LogP) is 4.66. The molecule has 0 saturated carbocycles. The Kier molecular flexibility index (Phi) is 3.96. The van der Waals surface area contributed by atoms with Crippen molar-refractivity contribution in [1.82, 2.24) is 0 Å². The molecule has 1 atom stereocenters. The Morgan fingerprint density at radius 3 is 2.17 bits per heavy atom. The van der Waals surface area contributed by atoms with Gasteiger partial charge in [-0.2, -0.15) is 0 Å². The summed E-state index contributed by atoms with van der Waals surface area (Å²) in [4.78, 5) is 0. The minimum absolute atomic E-state index is 0.226. The summed E-state index contributed by atoms with van der Waals surface area (Å²) < 4.78 is 0. The van der Waals surface area contributed by atoms with Gasteiger partial charge >= 0.3 is 0 Å². The van der Waals surface area contributed by atoms with Gasteiger partial charge in [-0.1, -0.05) is 47.5 Å². The average molecular weight is 280 g/mol. The van der Waals surface area contributed by atoms with Crippen LogP contribution in [0.15, 0.2) is 36.4 Å². The topological polar surface area (TPSA) is 26.0 Å². The Morgan fingerprint density at radius 2 is 1.61 bits per heavy atom.